The number of aryl methyl sites for hydroxylation is 2. The summed E-state index contributed by atoms with van der Waals surface area (Å²) in [6.45, 7) is 1.83. The Hall–Kier alpha value is -2.95. The van der Waals surface area contributed by atoms with Crippen LogP contribution in [0.4, 0.5) is 5.69 Å². The van der Waals surface area contributed by atoms with Gasteiger partial charge in [-0.3, -0.25) is 14.6 Å². The second-order valence-electron chi connectivity index (χ2n) is 5.09. The van der Waals surface area contributed by atoms with Crippen LogP contribution in [0.15, 0.2) is 53.6 Å². The molecule has 2 aromatic heterocycles. The van der Waals surface area contributed by atoms with Gasteiger partial charge in [0.05, 0.1) is 16.9 Å². The van der Waals surface area contributed by atoms with Gasteiger partial charge in [-0.1, -0.05) is 18.2 Å². The fraction of sp³-hybridized carbons (Fsp3) is 0.118. The molecule has 2 heterocycles. The van der Waals surface area contributed by atoms with Gasteiger partial charge in [0.15, 0.2) is 0 Å². The maximum absolute atomic E-state index is 12.6. The number of rotatable bonds is 2. The van der Waals surface area contributed by atoms with Crippen molar-refractivity contribution in [3.05, 3.63) is 70.4 Å². The highest BCUT2D eigenvalue weighted by molar-refractivity contribution is 6.12. The largest absolute Gasteiger partial charge is 0.320 e. The Morgan fingerprint density at radius 2 is 1.86 bits per heavy atom. The normalized spacial score (nSPS) is 10.6. The molecular weight excluding hydrogens is 278 g/mol. The van der Waals surface area contributed by atoms with E-state index in [0.29, 0.717) is 22.0 Å². The summed E-state index contributed by atoms with van der Waals surface area (Å²) in [7, 11) is 1.64. The van der Waals surface area contributed by atoms with Crippen LogP contribution >= 0.6 is 0 Å². The number of anilines is 1. The van der Waals surface area contributed by atoms with E-state index in [9.17, 15) is 9.59 Å². The van der Waals surface area contributed by atoms with E-state index < -0.39 is 0 Å². The molecule has 5 heteroatoms. The van der Waals surface area contributed by atoms with Crippen LogP contribution in [0.25, 0.3) is 10.8 Å². The van der Waals surface area contributed by atoms with Gasteiger partial charge >= 0.3 is 0 Å². The first kappa shape index (κ1) is 14.0. The van der Waals surface area contributed by atoms with Crippen molar-refractivity contribution >= 4 is 22.4 Å². The minimum Gasteiger partial charge on any atom is -0.320 e. The summed E-state index contributed by atoms with van der Waals surface area (Å²) >= 11 is 0. The summed E-state index contributed by atoms with van der Waals surface area (Å²) in [6.07, 6.45) is 3.23. The van der Waals surface area contributed by atoms with E-state index >= 15 is 0 Å². The Morgan fingerprint density at radius 3 is 2.59 bits per heavy atom. The first-order chi connectivity index (χ1) is 10.6. The predicted octanol–water partition coefficient (Wildman–Crippen LogP) is 2.49. The Morgan fingerprint density at radius 1 is 1.14 bits per heavy atom. The molecule has 0 saturated carbocycles. The van der Waals surface area contributed by atoms with Gasteiger partial charge in [0.1, 0.15) is 0 Å². The van der Waals surface area contributed by atoms with Gasteiger partial charge in [0, 0.05) is 30.2 Å². The average molecular weight is 293 g/mol. The van der Waals surface area contributed by atoms with Gasteiger partial charge in [-0.2, -0.15) is 0 Å². The number of pyridine rings is 2. The van der Waals surface area contributed by atoms with Crippen molar-refractivity contribution in [2.24, 2.45) is 7.05 Å². The predicted molar refractivity (Wildman–Crippen MR) is 86.1 cm³/mol. The van der Waals surface area contributed by atoms with Gasteiger partial charge in [0.25, 0.3) is 11.5 Å². The fourth-order valence-corrected chi connectivity index (χ4v) is 2.40. The molecule has 0 spiro atoms. The van der Waals surface area contributed by atoms with Gasteiger partial charge in [-0.05, 0) is 25.1 Å². The van der Waals surface area contributed by atoms with Crippen LogP contribution in [-0.2, 0) is 7.05 Å². The molecule has 0 radical (unpaired) electrons. The lowest BCUT2D eigenvalue weighted by atomic mass is 10.1. The molecule has 0 unspecified atom stereocenters. The Labute approximate surface area is 127 Å². The molecule has 0 bridgehead atoms. The number of nitrogens with zero attached hydrogens (tertiary/aromatic N) is 2. The number of amides is 1. The molecule has 1 N–H and O–H groups in total. The summed E-state index contributed by atoms with van der Waals surface area (Å²) in [5.74, 6) is -0.261. The number of fused-ring (bicyclic) bond motifs is 1. The number of nitrogens with one attached hydrogen (secondary N) is 1. The minimum atomic E-state index is -0.261. The zero-order chi connectivity index (χ0) is 15.7. The smallest absolute Gasteiger partial charge is 0.258 e. The minimum absolute atomic E-state index is 0.121. The molecule has 0 aliphatic carbocycles. The SMILES string of the molecule is Cc1ncccc1NC(=O)c1cn(C)c(=O)c2ccccc12. The van der Waals surface area contributed by atoms with Crippen LogP contribution in [0.3, 0.4) is 0 Å². The standard InChI is InChI=1S/C17H15N3O2/c1-11-15(8-5-9-18-11)19-16(21)14-10-20(2)17(22)13-7-4-3-6-12(13)14/h3-10H,1-2H3,(H,19,21). The van der Waals surface area contributed by atoms with Gasteiger partial charge in [-0.25, -0.2) is 0 Å². The fourth-order valence-electron chi connectivity index (χ4n) is 2.40. The van der Waals surface area contributed by atoms with Crippen LogP contribution in [0.5, 0.6) is 0 Å². The molecule has 1 aromatic carbocycles. The number of aromatic nitrogens is 2. The van der Waals surface area contributed by atoms with Crippen molar-refractivity contribution < 1.29 is 4.79 Å². The van der Waals surface area contributed by atoms with Crippen LogP contribution in [0, 0.1) is 6.92 Å². The molecule has 3 rings (SSSR count). The summed E-state index contributed by atoms with van der Waals surface area (Å²) in [6, 6.07) is 10.7. The average Bonchev–Trinajstić information content (AvgIpc) is 2.53. The van der Waals surface area contributed by atoms with Crippen molar-refractivity contribution in [2.75, 3.05) is 5.32 Å². The van der Waals surface area contributed by atoms with Crippen molar-refractivity contribution in [1.29, 1.82) is 0 Å². The monoisotopic (exact) mass is 293 g/mol. The van der Waals surface area contributed by atoms with Crippen LogP contribution in [0.2, 0.25) is 0 Å². The molecule has 0 aliphatic rings. The van der Waals surface area contributed by atoms with Crippen molar-refractivity contribution in [3.63, 3.8) is 0 Å². The number of carbonyl (C=O) groups excluding carboxylic acids is 1. The molecule has 0 aliphatic heterocycles. The van der Waals surface area contributed by atoms with E-state index in [1.54, 1.807) is 49.8 Å². The second-order valence-corrected chi connectivity index (χ2v) is 5.09. The molecule has 1 amide bonds. The molecule has 5 nitrogen and oxygen atoms in total. The second kappa shape index (κ2) is 5.44. The number of benzene rings is 1. The van der Waals surface area contributed by atoms with E-state index in [0.717, 1.165) is 5.69 Å². The summed E-state index contributed by atoms with van der Waals surface area (Å²) in [5, 5.41) is 4.02. The Balaban J connectivity index is 2.11. The maximum Gasteiger partial charge on any atom is 0.258 e. The van der Waals surface area contributed by atoms with Crippen LogP contribution < -0.4 is 10.9 Å². The lowest BCUT2D eigenvalue weighted by Crippen LogP contribution is -2.21. The third-order valence-electron chi connectivity index (χ3n) is 3.59. The lowest BCUT2D eigenvalue weighted by molar-refractivity contribution is 0.102. The van der Waals surface area contributed by atoms with Crippen LogP contribution in [0.1, 0.15) is 16.1 Å². The molecule has 0 atom stereocenters. The number of hydrogen-bond acceptors (Lipinski definition) is 3. The molecule has 3 aromatic rings. The van der Waals surface area contributed by atoms with Crippen molar-refractivity contribution in [2.45, 2.75) is 6.92 Å². The Kier molecular flexibility index (Phi) is 3.47. The molecule has 0 fully saturated rings. The quantitative estimate of drug-likeness (QED) is 0.789. The van der Waals surface area contributed by atoms with Gasteiger partial charge in [-0.15, -0.1) is 0 Å². The van der Waals surface area contributed by atoms with E-state index in [4.69, 9.17) is 0 Å². The number of carbonyl (C=O) groups is 1. The molecule has 110 valence electrons. The van der Waals surface area contributed by atoms with E-state index in [-0.39, 0.29) is 11.5 Å². The number of hydrogen-bond donors (Lipinski definition) is 1. The van der Waals surface area contributed by atoms with Crippen molar-refractivity contribution in [1.82, 2.24) is 9.55 Å². The molecular formula is C17H15N3O2. The lowest BCUT2D eigenvalue weighted by Gasteiger charge is -2.11. The first-order valence-electron chi connectivity index (χ1n) is 6.89. The summed E-state index contributed by atoms with van der Waals surface area (Å²) in [4.78, 5) is 28.9. The first-order valence-corrected chi connectivity index (χ1v) is 6.89. The zero-order valence-electron chi connectivity index (χ0n) is 12.3. The molecule has 22 heavy (non-hydrogen) atoms. The highest BCUT2D eigenvalue weighted by Gasteiger charge is 2.14. The van der Waals surface area contributed by atoms with Crippen molar-refractivity contribution in [3.8, 4) is 0 Å². The highest BCUT2D eigenvalue weighted by atomic mass is 16.2. The Bertz CT molecular complexity index is 929. The highest BCUT2D eigenvalue weighted by Crippen LogP contribution is 2.18. The maximum atomic E-state index is 12.6. The summed E-state index contributed by atoms with van der Waals surface area (Å²) in [5.41, 5.74) is 1.74. The third kappa shape index (κ3) is 2.37. The van der Waals surface area contributed by atoms with Gasteiger partial charge in [0.2, 0.25) is 0 Å². The van der Waals surface area contributed by atoms with E-state index in [2.05, 4.69) is 10.3 Å². The third-order valence-corrected chi connectivity index (χ3v) is 3.59. The van der Waals surface area contributed by atoms with E-state index in [1.807, 2.05) is 13.0 Å². The zero-order valence-corrected chi connectivity index (χ0v) is 12.3. The van der Waals surface area contributed by atoms with Crippen LogP contribution in [-0.4, -0.2) is 15.5 Å². The van der Waals surface area contributed by atoms with E-state index in [1.165, 1.54) is 4.57 Å². The van der Waals surface area contributed by atoms with Gasteiger partial charge < -0.3 is 9.88 Å². The molecule has 0 saturated heterocycles. The topological polar surface area (TPSA) is 64.0 Å². The summed E-state index contributed by atoms with van der Waals surface area (Å²) < 4.78 is 1.42.